The zero-order valence-electron chi connectivity index (χ0n) is 15.6. The molecule has 0 radical (unpaired) electrons. The lowest BCUT2D eigenvalue weighted by atomic mass is 10.1. The monoisotopic (exact) mass is 379 g/mol. The van der Waals surface area contributed by atoms with Crippen LogP contribution in [0.5, 0.6) is 0 Å². The van der Waals surface area contributed by atoms with Gasteiger partial charge >= 0.3 is 6.18 Å². The van der Waals surface area contributed by atoms with E-state index in [4.69, 9.17) is 0 Å². The van der Waals surface area contributed by atoms with Crippen molar-refractivity contribution in [1.82, 2.24) is 15.6 Å². The Balaban J connectivity index is 2.04. The minimum absolute atomic E-state index is 0.279. The van der Waals surface area contributed by atoms with Crippen LogP contribution in [0.1, 0.15) is 23.6 Å². The Morgan fingerprint density at radius 2 is 1.81 bits per heavy atom. The molecular weight excluding hydrogens is 355 g/mol. The number of halogens is 3. The summed E-state index contributed by atoms with van der Waals surface area (Å²) in [5.74, 6) is 1.45. The van der Waals surface area contributed by atoms with Crippen molar-refractivity contribution < 1.29 is 13.2 Å². The molecule has 0 bridgehead atoms. The van der Waals surface area contributed by atoms with E-state index in [0.29, 0.717) is 24.6 Å². The van der Waals surface area contributed by atoms with E-state index < -0.39 is 11.7 Å². The second-order valence-corrected chi connectivity index (χ2v) is 6.12. The van der Waals surface area contributed by atoms with Crippen molar-refractivity contribution in [3.63, 3.8) is 0 Å². The third-order valence-corrected chi connectivity index (χ3v) is 3.78. The smallest absolute Gasteiger partial charge is 0.362 e. The van der Waals surface area contributed by atoms with Crippen LogP contribution in [0.15, 0.2) is 47.6 Å². The summed E-state index contributed by atoms with van der Waals surface area (Å²) in [7, 11) is 3.85. The molecule has 0 saturated heterocycles. The number of hydrogen-bond acceptors (Lipinski definition) is 3. The van der Waals surface area contributed by atoms with Gasteiger partial charge in [0, 0.05) is 38.9 Å². The summed E-state index contributed by atoms with van der Waals surface area (Å²) in [4.78, 5) is 10.7. The van der Waals surface area contributed by atoms with Gasteiger partial charge in [0.15, 0.2) is 5.96 Å². The van der Waals surface area contributed by atoms with Gasteiger partial charge in [0.1, 0.15) is 5.82 Å². The van der Waals surface area contributed by atoms with Gasteiger partial charge in [-0.15, -0.1) is 0 Å². The number of aromatic nitrogens is 1. The van der Waals surface area contributed by atoms with Crippen LogP contribution in [0.3, 0.4) is 0 Å². The van der Waals surface area contributed by atoms with E-state index >= 15 is 0 Å². The normalized spacial score (nSPS) is 12.0. The van der Waals surface area contributed by atoms with Crippen molar-refractivity contribution in [3.05, 3.63) is 59.3 Å². The van der Waals surface area contributed by atoms with E-state index in [1.54, 1.807) is 6.20 Å². The van der Waals surface area contributed by atoms with Gasteiger partial charge in [-0.2, -0.15) is 13.2 Å². The molecule has 0 aliphatic carbocycles. The molecule has 2 N–H and O–H groups in total. The summed E-state index contributed by atoms with van der Waals surface area (Å²) < 4.78 is 37.9. The molecule has 2 rings (SSSR count). The fourth-order valence-electron chi connectivity index (χ4n) is 2.46. The van der Waals surface area contributed by atoms with Gasteiger partial charge in [-0.3, -0.25) is 0 Å². The van der Waals surface area contributed by atoms with Crippen molar-refractivity contribution >= 4 is 11.8 Å². The minimum Gasteiger partial charge on any atom is -0.362 e. The summed E-state index contributed by atoms with van der Waals surface area (Å²) in [5.41, 5.74) is 1.06. The fraction of sp³-hybridized carbons (Fsp3) is 0.368. The van der Waals surface area contributed by atoms with E-state index in [2.05, 4.69) is 20.6 Å². The Bertz CT molecular complexity index is 755. The van der Waals surface area contributed by atoms with Gasteiger partial charge in [-0.25, -0.2) is 9.98 Å². The molecule has 0 aliphatic rings. The fourth-order valence-corrected chi connectivity index (χ4v) is 2.46. The van der Waals surface area contributed by atoms with Gasteiger partial charge in [0.05, 0.1) is 12.1 Å². The van der Waals surface area contributed by atoms with Crippen LogP contribution in [0, 0.1) is 0 Å². The number of guanidine groups is 1. The van der Waals surface area contributed by atoms with Crippen LogP contribution in [0.4, 0.5) is 19.0 Å². The molecule has 1 heterocycles. The number of nitrogens with one attached hydrogen (secondary N) is 2. The van der Waals surface area contributed by atoms with E-state index in [1.807, 2.05) is 38.1 Å². The molecule has 0 amide bonds. The predicted molar refractivity (Wildman–Crippen MR) is 102 cm³/mol. The van der Waals surface area contributed by atoms with Gasteiger partial charge in [0.25, 0.3) is 0 Å². The lowest BCUT2D eigenvalue weighted by Crippen LogP contribution is -2.37. The molecule has 0 unspecified atom stereocenters. The lowest BCUT2D eigenvalue weighted by Gasteiger charge is -2.17. The first-order valence-electron chi connectivity index (χ1n) is 8.60. The quantitative estimate of drug-likeness (QED) is 0.597. The third-order valence-electron chi connectivity index (χ3n) is 3.78. The van der Waals surface area contributed by atoms with Crippen LogP contribution in [-0.2, 0) is 19.3 Å². The van der Waals surface area contributed by atoms with Gasteiger partial charge in [-0.1, -0.05) is 18.2 Å². The highest BCUT2D eigenvalue weighted by Crippen LogP contribution is 2.29. The van der Waals surface area contributed by atoms with Crippen LogP contribution in [-0.4, -0.2) is 31.6 Å². The van der Waals surface area contributed by atoms with Crippen molar-refractivity contribution in [1.29, 1.82) is 0 Å². The molecule has 0 spiro atoms. The molecule has 146 valence electrons. The molecule has 5 nitrogen and oxygen atoms in total. The molecule has 1 aromatic carbocycles. The highest BCUT2D eigenvalue weighted by atomic mass is 19.4. The Hall–Kier alpha value is -2.77. The molecule has 0 fully saturated rings. The summed E-state index contributed by atoms with van der Waals surface area (Å²) in [5, 5.41) is 6.36. The molecule has 2 aromatic rings. The van der Waals surface area contributed by atoms with Crippen molar-refractivity contribution in [2.24, 2.45) is 4.99 Å². The van der Waals surface area contributed by atoms with Gasteiger partial charge < -0.3 is 15.5 Å². The number of alkyl halides is 3. The molecule has 1 aromatic heterocycles. The van der Waals surface area contributed by atoms with E-state index in [0.717, 1.165) is 23.5 Å². The van der Waals surface area contributed by atoms with Gasteiger partial charge in [-0.05, 0) is 30.7 Å². The van der Waals surface area contributed by atoms with Crippen LogP contribution < -0.4 is 15.5 Å². The van der Waals surface area contributed by atoms with E-state index in [1.165, 1.54) is 12.1 Å². The predicted octanol–water partition coefficient (Wildman–Crippen LogP) is 3.42. The maximum absolute atomic E-state index is 12.6. The summed E-state index contributed by atoms with van der Waals surface area (Å²) in [6.45, 7) is 3.43. The maximum Gasteiger partial charge on any atom is 0.416 e. The van der Waals surface area contributed by atoms with Crippen LogP contribution >= 0.6 is 0 Å². The van der Waals surface area contributed by atoms with E-state index in [-0.39, 0.29) is 6.54 Å². The van der Waals surface area contributed by atoms with E-state index in [9.17, 15) is 13.2 Å². The number of nitrogens with zero attached hydrogens (tertiary/aromatic N) is 3. The standard InChI is InChI=1S/C19H24F3N5/c1-4-23-18(26-13-15-6-5-11-24-17(15)27(2)3)25-12-14-7-9-16(10-8-14)19(20,21)22/h5-11H,4,12-13H2,1-3H3,(H2,23,25,26). The molecule has 0 atom stereocenters. The van der Waals surface area contributed by atoms with Crippen molar-refractivity contribution in [3.8, 4) is 0 Å². The zero-order chi connectivity index (χ0) is 19.9. The Morgan fingerprint density at radius 1 is 1.11 bits per heavy atom. The molecule has 8 heteroatoms. The SMILES string of the molecule is CCNC(=NCc1ccc(C(F)(F)F)cc1)NCc1cccnc1N(C)C. The summed E-state index contributed by atoms with van der Waals surface area (Å²) in [6.07, 6.45) is -2.59. The number of pyridine rings is 1. The second-order valence-electron chi connectivity index (χ2n) is 6.12. The average Bonchev–Trinajstić information content (AvgIpc) is 2.63. The number of hydrogen-bond donors (Lipinski definition) is 2. The number of rotatable bonds is 6. The first kappa shape index (κ1) is 20.5. The zero-order valence-corrected chi connectivity index (χ0v) is 15.6. The Morgan fingerprint density at radius 3 is 2.41 bits per heavy atom. The Kier molecular flexibility index (Phi) is 7.04. The largest absolute Gasteiger partial charge is 0.416 e. The summed E-state index contributed by atoms with van der Waals surface area (Å²) >= 11 is 0. The first-order valence-corrected chi connectivity index (χ1v) is 8.60. The van der Waals surface area contributed by atoms with Crippen LogP contribution in [0.25, 0.3) is 0 Å². The summed E-state index contributed by atoms with van der Waals surface area (Å²) in [6, 6.07) is 8.89. The first-order chi connectivity index (χ1) is 12.8. The number of aliphatic imine (C=N–C) groups is 1. The highest BCUT2D eigenvalue weighted by molar-refractivity contribution is 5.79. The van der Waals surface area contributed by atoms with Crippen molar-refractivity contribution in [2.45, 2.75) is 26.2 Å². The second kappa shape index (κ2) is 9.25. The third kappa shape index (κ3) is 6.16. The molecule has 0 saturated carbocycles. The lowest BCUT2D eigenvalue weighted by molar-refractivity contribution is -0.137. The molecular formula is C19H24F3N5. The number of anilines is 1. The minimum atomic E-state index is -4.33. The Labute approximate surface area is 157 Å². The maximum atomic E-state index is 12.6. The van der Waals surface area contributed by atoms with Gasteiger partial charge in [0.2, 0.25) is 0 Å². The van der Waals surface area contributed by atoms with Crippen molar-refractivity contribution in [2.75, 3.05) is 25.5 Å². The molecule has 0 aliphatic heterocycles. The average molecular weight is 379 g/mol. The van der Waals surface area contributed by atoms with Crippen LogP contribution in [0.2, 0.25) is 0 Å². The number of benzene rings is 1. The molecule has 27 heavy (non-hydrogen) atoms. The topological polar surface area (TPSA) is 52.6 Å². The highest BCUT2D eigenvalue weighted by Gasteiger charge is 2.29.